The van der Waals surface area contributed by atoms with Crippen LogP contribution in [-0.4, -0.2) is 27.4 Å². The molecule has 3 fully saturated rings. The summed E-state index contributed by atoms with van der Waals surface area (Å²) >= 11 is 0. The number of allylic oxidation sites excluding steroid dienone is 3. The summed E-state index contributed by atoms with van der Waals surface area (Å²) in [4.78, 5) is 24.3. The van der Waals surface area contributed by atoms with Crippen LogP contribution in [0.5, 0.6) is 0 Å². The van der Waals surface area contributed by atoms with Crippen molar-refractivity contribution in [1.29, 1.82) is 0 Å². The maximum Gasteiger partial charge on any atom is 0.182 e. The number of carbonyl (C=O) groups is 2. The number of carbonyl (C=O) groups excluding carboxylic acids is 2. The zero-order valence-electron chi connectivity index (χ0n) is 16.2. The zero-order valence-corrected chi connectivity index (χ0v) is 16.2. The summed E-state index contributed by atoms with van der Waals surface area (Å²) in [5, 5.41) is 22.0. The van der Waals surface area contributed by atoms with Gasteiger partial charge in [0, 0.05) is 16.9 Å². The van der Waals surface area contributed by atoms with Crippen LogP contribution in [-0.2, 0) is 9.59 Å². The Kier molecular flexibility index (Phi) is 3.67. The summed E-state index contributed by atoms with van der Waals surface area (Å²) in [6, 6.07) is 0. The highest BCUT2D eigenvalue weighted by Gasteiger charge is 2.66. The molecule has 0 radical (unpaired) electrons. The molecule has 4 nitrogen and oxygen atoms in total. The minimum absolute atomic E-state index is 0.109. The van der Waals surface area contributed by atoms with Crippen LogP contribution in [0.1, 0.15) is 59.8 Å². The molecule has 3 saturated carbocycles. The molecule has 0 bridgehead atoms. The van der Waals surface area contributed by atoms with Crippen LogP contribution < -0.4 is 0 Å². The molecule has 26 heavy (non-hydrogen) atoms. The van der Waals surface area contributed by atoms with Gasteiger partial charge in [-0.1, -0.05) is 13.8 Å². The van der Waals surface area contributed by atoms with Gasteiger partial charge in [-0.25, -0.2) is 0 Å². The second-order valence-electron chi connectivity index (χ2n) is 9.66. The van der Waals surface area contributed by atoms with E-state index in [-0.39, 0.29) is 40.5 Å². The molecule has 7 atom stereocenters. The topological polar surface area (TPSA) is 74.6 Å². The summed E-state index contributed by atoms with van der Waals surface area (Å²) in [6.07, 6.45) is 7.12. The molecule has 0 amide bonds. The fourth-order valence-corrected chi connectivity index (χ4v) is 7.30. The Labute approximate surface area is 155 Å². The second kappa shape index (κ2) is 5.31. The van der Waals surface area contributed by atoms with Crippen molar-refractivity contribution in [1.82, 2.24) is 0 Å². The Morgan fingerprint density at radius 2 is 1.81 bits per heavy atom. The van der Waals surface area contributed by atoms with Crippen LogP contribution in [0.2, 0.25) is 0 Å². The standard InChI is InChI=1S/C22H30O4/c1-12-9-15-16-6-8-22(26,13(2)23)20(16,3)7-5-17(15)21(4)18(12)10-14(24)11-19(21)25/h10-12,15-17,25-26H,5-9H2,1-4H3/t12-,15-,16-,17-,20-,21+,22-/m0/s1. The number of rotatable bonds is 1. The van der Waals surface area contributed by atoms with Crippen molar-refractivity contribution >= 4 is 11.6 Å². The molecule has 0 aliphatic heterocycles. The van der Waals surface area contributed by atoms with Crippen LogP contribution >= 0.6 is 0 Å². The van der Waals surface area contributed by atoms with E-state index in [0.29, 0.717) is 12.3 Å². The van der Waals surface area contributed by atoms with Gasteiger partial charge in [0.25, 0.3) is 0 Å². The molecule has 4 heteroatoms. The number of aliphatic hydroxyl groups excluding tert-OH is 1. The first-order valence-corrected chi connectivity index (χ1v) is 9.96. The summed E-state index contributed by atoms with van der Waals surface area (Å²) in [5.74, 6) is 1.07. The average Bonchev–Trinajstić information content (AvgIpc) is 2.83. The second-order valence-corrected chi connectivity index (χ2v) is 9.66. The maximum atomic E-state index is 12.3. The first-order chi connectivity index (χ1) is 12.1. The van der Waals surface area contributed by atoms with Crippen molar-refractivity contribution in [2.24, 2.45) is 34.5 Å². The Morgan fingerprint density at radius 1 is 1.15 bits per heavy atom. The fraction of sp³-hybridized carbons (Fsp3) is 0.727. The third-order valence-corrected chi connectivity index (χ3v) is 8.78. The highest BCUT2D eigenvalue weighted by atomic mass is 16.3. The van der Waals surface area contributed by atoms with Gasteiger partial charge in [0.2, 0.25) is 0 Å². The molecular formula is C22H30O4. The van der Waals surface area contributed by atoms with E-state index in [9.17, 15) is 19.8 Å². The van der Waals surface area contributed by atoms with Crippen LogP contribution in [0.15, 0.2) is 23.5 Å². The third kappa shape index (κ3) is 1.94. The normalized spacial score (nSPS) is 50.3. The van der Waals surface area contributed by atoms with Gasteiger partial charge in [-0.2, -0.15) is 0 Å². The average molecular weight is 358 g/mol. The van der Waals surface area contributed by atoms with Crippen LogP contribution in [0.3, 0.4) is 0 Å². The molecule has 2 N–H and O–H groups in total. The van der Waals surface area contributed by atoms with Crippen molar-refractivity contribution in [2.45, 2.75) is 65.4 Å². The highest BCUT2D eigenvalue weighted by Crippen LogP contribution is 2.68. The van der Waals surface area contributed by atoms with E-state index in [1.807, 2.05) is 0 Å². The van der Waals surface area contributed by atoms with E-state index >= 15 is 0 Å². The number of hydrogen-bond donors (Lipinski definition) is 2. The van der Waals surface area contributed by atoms with Gasteiger partial charge in [-0.05, 0) is 81.3 Å². The van der Waals surface area contributed by atoms with Crippen LogP contribution in [0, 0.1) is 34.5 Å². The largest absolute Gasteiger partial charge is 0.511 e. The number of aliphatic hydroxyl groups is 2. The molecule has 0 saturated heterocycles. The molecule has 0 aromatic rings. The van der Waals surface area contributed by atoms with Gasteiger partial charge in [0.05, 0.1) is 0 Å². The third-order valence-electron chi connectivity index (χ3n) is 8.78. The molecule has 0 aromatic heterocycles. The molecule has 142 valence electrons. The van der Waals surface area contributed by atoms with E-state index in [1.54, 1.807) is 6.08 Å². The molecule has 4 aliphatic carbocycles. The minimum Gasteiger partial charge on any atom is -0.511 e. The summed E-state index contributed by atoms with van der Waals surface area (Å²) < 4.78 is 0. The molecule has 0 heterocycles. The summed E-state index contributed by atoms with van der Waals surface area (Å²) in [7, 11) is 0. The van der Waals surface area contributed by atoms with Crippen molar-refractivity contribution in [2.75, 3.05) is 0 Å². The van der Waals surface area contributed by atoms with Crippen LogP contribution in [0.25, 0.3) is 0 Å². The van der Waals surface area contributed by atoms with Gasteiger partial charge in [-0.15, -0.1) is 0 Å². The Morgan fingerprint density at radius 3 is 2.46 bits per heavy atom. The molecule has 4 rings (SSSR count). The first-order valence-electron chi connectivity index (χ1n) is 9.96. The van der Waals surface area contributed by atoms with E-state index in [2.05, 4.69) is 20.8 Å². The molecule has 0 spiro atoms. The van der Waals surface area contributed by atoms with Crippen molar-refractivity contribution in [3.63, 3.8) is 0 Å². The monoisotopic (exact) mass is 358 g/mol. The zero-order chi connectivity index (χ0) is 19.1. The summed E-state index contributed by atoms with van der Waals surface area (Å²) in [5.41, 5.74) is -1.04. The lowest BCUT2D eigenvalue weighted by atomic mass is 9.45. The van der Waals surface area contributed by atoms with E-state index < -0.39 is 11.0 Å². The lowest BCUT2D eigenvalue weighted by Crippen LogP contribution is -2.58. The predicted molar refractivity (Wildman–Crippen MR) is 98.4 cm³/mol. The Hall–Kier alpha value is -1.42. The maximum absolute atomic E-state index is 12.3. The van der Waals surface area contributed by atoms with Crippen molar-refractivity contribution in [3.8, 4) is 0 Å². The van der Waals surface area contributed by atoms with Gasteiger partial charge >= 0.3 is 0 Å². The minimum atomic E-state index is -1.22. The summed E-state index contributed by atoms with van der Waals surface area (Å²) in [6.45, 7) is 7.84. The number of ketones is 2. The molecule has 0 aromatic carbocycles. The highest BCUT2D eigenvalue weighted by molar-refractivity contribution is 6.01. The Balaban J connectivity index is 1.78. The van der Waals surface area contributed by atoms with Gasteiger partial charge in [-0.3, -0.25) is 9.59 Å². The molecular weight excluding hydrogens is 328 g/mol. The van der Waals surface area contributed by atoms with Gasteiger partial charge in [0.15, 0.2) is 11.6 Å². The smallest absolute Gasteiger partial charge is 0.182 e. The number of fused-ring (bicyclic) bond motifs is 5. The quantitative estimate of drug-likeness (QED) is 0.749. The number of hydrogen-bond acceptors (Lipinski definition) is 4. The van der Waals surface area contributed by atoms with E-state index in [0.717, 1.165) is 31.3 Å². The lowest BCUT2D eigenvalue weighted by molar-refractivity contribution is -0.160. The SMILES string of the molecule is CC(=O)[C@@]1(O)CC[C@H]2[C@@H]3C[C@H](C)C4=CC(=O)C=C(O)[C@]4(C)[C@H]3CC[C@@]21C. The van der Waals surface area contributed by atoms with Crippen LogP contribution in [0.4, 0.5) is 0 Å². The Bertz CT molecular complexity index is 749. The van der Waals surface area contributed by atoms with E-state index in [1.165, 1.54) is 13.0 Å². The van der Waals surface area contributed by atoms with Gasteiger partial charge < -0.3 is 10.2 Å². The first kappa shape index (κ1) is 18.0. The number of Topliss-reactive ketones (excluding diaryl/α,β-unsaturated/α-hetero) is 1. The van der Waals surface area contributed by atoms with E-state index in [4.69, 9.17) is 0 Å². The van der Waals surface area contributed by atoms with Crippen molar-refractivity contribution in [3.05, 3.63) is 23.5 Å². The fourth-order valence-electron chi connectivity index (χ4n) is 7.30. The van der Waals surface area contributed by atoms with Crippen molar-refractivity contribution < 1.29 is 19.8 Å². The molecule has 0 unspecified atom stereocenters. The van der Waals surface area contributed by atoms with Gasteiger partial charge in [0.1, 0.15) is 11.4 Å². The lowest BCUT2D eigenvalue weighted by Gasteiger charge is -2.59. The molecule has 4 aliphatic rings. The predicted octanol–water partition coefficient (Wildman–Crippen LogP) is 3.75.